The standard InChI is InChI=1S/C19H22F2N4O2/c1-12(24-4-6-27-7-5-24)19(26)23-17-11-25-16(2-3-18(25)22-17)13-8-14(20)10-15(21)9-13/h8-12,16H,2-7H2,1H3,(H,23,26)/t12-,16+/m1/s1. The van der Waals surface area contributed by atoms with Crippen molar-refractivity contribution in [1.29, 1.82) is 0 Å². The van der Waals surface area contributed by atoms with E-state index in [1.807, 2.05) is 11.5 Å². The number of halogens is 2. The Labute approximate surface area is 156 Å². The molecule has 2 atom stereocenters. The van der Waals surface area contributed by atoms with Crippen molar-refractivity contribution in [2.24, 2.45) is 0 Å². The van der Waals surface area contributed by atoms with Crippen LogP contribution in [0, 0.1) is 11.6 Å². The van der Waals surface area contributed by atoms with Crippen molar-refractivity contribution < 1.29 is 18.3 Å². The van der Waals surface area contributed by atoms with Crippen LogP contribution in [-0.2, 0) is 16.0 Å². The van der Waals surface area contributed by atoms with Crippen molar-refractivity contribution in [1.82, 2.24) is 14.5 Å². The first kappa shape index (κ1) is 18.1. The van der Waals surface area contributed by atoms with Crippen molar-refractivity contribution in [2.45, 2.75) is 31.8 Å². The van der Waals surface area contributed by atoms with E-state index in [9.17, 15) is 13.6 Å². The first-order valence-corrected chi connectivity index (χ1v) is 9.17. The number of hydrogen-bond acceptors (Lipinski definition) is 4. The van der Waals surface area contributed by atoms with Crippen molar-refractivity contribution in [2.75, 3.05) is 31.6 Å². The Morgan fingerprint density at radius 1 is 1.26 bits per heavy atom. The fourth-order valence-electron chi connectivity index (χ4n) is 3.81. The van der Waals surface area contributed by atoms with E-state index in [1.54, 1.807) is 6.20 Å². The zero-order valence-corrected chi connectivity index (χ0v) is 15.1. The number of amides is 1. The Balaban J connectivity index is 1.48. The SMILES string of the molecule is C[C@H](C(=O)Nc1cn2c(n1)CC[C@H]2c1cc(F)cc(F)c1)N1CCOCC1. The zero-order valence-electron chi connectivity index (χ0n) is 15.1. The van der Waals surface area contributed by atoms with Crippen LogP contribution >= 0.6 is 0 Å². The van der Waals surface area contributed by atoms with Crippen LogP contribution in [0.5, 0.6) is 0 Å². The average molecular weight is 376 g/mol. The van der Waals surface area contributed by atoms with Gasteiger partial charge in [0, 0.05) is 31.8 Å². The summed E-state index contributed by atoms with van der Waals surface area (Å²) in [5.41, 5.74) is 0.572. The Hall–Kier alpha value is -2.32. The molecule has 1 saturated heterocycles. The predicted octanol–water partition coefficient (Wildman–Crippen LogP) is 2.36. The number of aryl methyl sites for hydroxylation is 1. The molecule has 2 aromatic rings. The minimum Gasteiger partial charge on any atom is -0.379 e. The van der Waals surface area contributed by atoms with Crippen LogP contribution in [0.3, 0.4) is 0 Å². The number of hydrogen-bond donors (Lipinski definition) is 1. The maximum absolute atomic E-state index is 13.6. The number of imidazole rings is 1. The predicted molar refractivity (Wildman–Crippen MR) is 95.5 cm³/mol. The highest BCUT2D eigenvalue weighted by Gasteiger charge is 2.28. The second-order valence-corrected chi connectivity index (χ2v) is 7.02. The molecule has 2 aliphatic heterocycles. The topological polar surface area (TPSA) is 59.4 Å². The van der Waals surface area contributed by atoms with Crippen molar-refractivity contribution >= 4 is 11.7 Å². The van der Waals surface area contributed by atoms with Gasteiger partial charge in [0.25, 0.3) is 0 Å². The molecule has 3 heterocycles. The Morgan fingerprint density at radius 2 is 1.96 bits per heavy atom. The molecule has 0 bridgehead atoms. The minimum atomic E-state index is -0.591. The second kappa shape index (κ2) is 7.36. The van der Waals surface area contributed by atoms with Crippen LogP contribution in [0.4, 0.5) is 14.6 Å². The summed E-state index contributed by atoms with van der Waals surface area (Å²) in [6.07, 6.45) is 3.17. The first-order valence-electron chi connectivity index (χ1n) is 9.17. The maximum atomic E-state index is 13.6. The van der Waals surface area contributed by atoms with Crippen molar-refractivity contribution in [3.8, 4) is 0 Å². The summed E-state index contributed by atoms with van der Waals surface area (Å²) < 4.78 is 34.3. The average Bonchev–Trinajstić information content (AvgIpc) is 3.21. The summed E-state index contributed by atoms with van der Waals surface area (Å²) >= 11 is 0. The van der Waals surface area contributed by atoms with Crippen molar-refractivity contribution in [3.05, 3.63) is 47.4 Å². The smallest absolute Gasteiger partial charge is 0.242 e. The Kier molecular flexibility index (Phi) is 4.92. The van der Waals surface area contributed by atoms with Crippen LogP contribution in [0.2, 0.25) is 0 Å². The minimum absolute atomic E-state index is 0.123. The van der Waals surface area contributed by atoms with Gasteiger partial charge in [0.05, 0.1) is 25.3 Å². The van der Waals surface area contributed by atoms with Gasteiger partial charge in [-0.05, 0) is 31.0 Å². The number of ether oxygens (including phenoxy) is 1. The van der Waals surface area contributed by atoms with E-state index in [1.165, 1.54) is 12.1 Å². The van der Waals surface area contributed by atoms with Gasteiger partial charge in [-0.2, -0.15) is 0 Å². The first-order chi connectivity index (χ1) is 13.0. The number of nitrogens with zero attached hydrogens (tertiary/aromatic N) is 3. The molecular weight excluding hydrogens is 354 g/mol. The largest absolute Gasteiger partial charge is 0.379 e. The number of carbonyl (C=O) groups excluding carboxylic acids is 1. The van der Waals surface area contributed by atoms with Gasteiger partial charge in [0.15, 0.2) is 5.82 Å². The molecule has 0 radical (unpaired) electrons. The number of rotatable bonds is 4. The number of nitrogens with one attached hydrogen (secondary N) is 1. The van der Waals surface area contributed by atoms with Gasteiger partial charge in [0.2, 0.25) is 5.91 Å². The van der Waals surface area contributed by atoms with Gasteiger partial charge >= 0.3 is 0 Å². The normalized spacial score (nSPS) is 21.1. The third-order valence-corrected chi connectivity index (χ3v) is 5.28. The van der Waals surface area contributed by atoms with Crippen LogP contribution < -0.4 is 5.32 Å². The summed E-state index contributed by atoms with van der Waals surface area (Å²) in [6.45, 7) is 4.57. The van der Waals surface area contributed by atoms with Crippen LogP contribution in [0.1, 0.15) is 30.8 Å². The summed E-state index contributed by atoms with van der Waals surface area (Å²) in [7, 11) is 0. The van der Waals surface area contributed by atoms with E-state index in [2.05, 4.69) is 15.2 Å². The Bertz CT molecular complexity index is 828. The molecule has 1 aromatic carbocycles. The van der Waals surface area contributed by atoms with Gasteiger partial charge in [-0.25, -0.2) is 13.8 Å². The van der Waals surface area contributed by atoms with Crippen molar-refractivity contribution in [3.63, 3.8) is 0 Å². The van der Waals surface area contributed by atoms with Gasteiger partial charge in [0.1, 0.15) is 17.5 Å². The van der Waals surface area contributed by atoms with E-state index in [4.69, 9.17) is 4.74 Å². The molecule has 4 rings (SSSR count). The lowest BCUT2D eigenvalue weighted by Crippen LogP contribution is -2.47. The molecule has 1 aromatic heterocycles. The van der Waals surface area contributed by atoms with Crippen LogP contribution in [0.25, 0.3) is 0 Å². The quantitative estimate of drug-likeness (QED) is 0.890. The number of morpholine rings is 1. The van der Waals surface area contributed by atoms with E-state index in [0.29, 0.717) is 31.0 Å². The molecule has 1 N–H and O–H groups in total. The zero-order chi connectivity index (χ0) is 19.0. The van der Waals surface area contributed by atoms with Gasteiger partial charge in [-0.3, -0.25) is 9.69 Å². The molecule has 0 aliphatic carbocycles. The fraction of sp³-hybridized carbons (Fsp3) is 0.474. The molecule has 0 unspecified atom stereocenters. The number of aromatic nitrogens is 2. The molecule has 1 fully saturated rings. The Morgan fingerprint density at radius 3 is 2.67 bits per heavy atom. The third kappa shape index (κ3) is 3.72. The molecular formula is C19H22F2N4O2. The monoisotopic (exact) mass is 376 g/mol. The van der Waals surface area contributed by atoms with Gasteiger partial charge < -0.3 is 14.6 Å². The summed E-state index contributed by atoms with van der Waals surface area (Å²) in [5, 5.41) is 2.86. The lowest BCUT2D eigenvalue weighted by atomic mass is 10.0. The highest BCUT2D eigenvalue weighted by atomic mass is 19.1. The number of benzene rings is 1. The lowest BCUT2D eigenvalue weighted by molar-refractivity contribution is -0.122. The number of carbonyl (C=O) groups is 1. The molecule has 0 saturated carbocycles. The molecule has 27 heavy (non-hydrogen) atoms. The van der Waals surface area contributed by atoms with Gasteiger partial charge in [-0.15, -0.1) is 0 Å². The lowest BCUT2D eigenvalue weighted by Gasteiger charge is -2.31. The second-order valence-electron chi connectivity index (χ2n) is 7.02. The van der Waals surface area contributed by atoms with E-state index < -0.39 is 11.6 Å². The highest BCUT2D eigenvalue weighted by molar-refractivity contribution is 5.93. The van der Waals surface area contributed by atoms with Gasteiger partial charge in [-0.1, -0.05) is 0 Å². The fourth-order valence-corrected chi connectivity index (χ4v) is 3.81. The molecule has 1 amide bonds. The molecule has 2 aliphatic rings. The highest BCUT2D eigenvalue weighted by Crippen LogP contribution is 2.33. The number of fused-ring (bicyclic) bond motifs is 1. The molecule has 144 valence electrons. The van der Waals surface area contributed by atoms with E-state index in [-0.39, 0.29) is 18.0 Å². The van der Waals surface area contributed by atoms with Crippen LogP contribution in [0.15, 0.2) is 24.4 Å². The third-order valence-electron chi connectivity index (χ3n) is 5.28. The van der Waals surface area contributed by atoms with E-state index in [0.717, 1.165) is 31.4 Å². The molecule has 6 nitrogen and oxygen atoms in total. The summed E-state index contributed by atoms with van der Waals surface area (Å²) in [6, 6.07) is 3.10. The maximum Gasteiger partial charge on any atom is 0.242 e. The molecule has 0 spiro atoms. The summed E-state index contributed by atoms with van der Waals surface area (Å²) in [5.74, 6) is -0.0319. The molecule has 8 heteroatoms. The van der Waals surface area contributed by atoms with E-state index >= 15 is 0 Å². The number of anilines is 1. The van der Waals surface area contributed by atoms with Crippen LogP contribution in [-0.4, -0.2) is 52.7 Å². The summed E-state index contributed by atoms with van der Waals surface area (Å²) in [4.78, 5) is 19.1.